The highest BCUT2D eigenvalue weighted by Gasteiger charge is 2.24. The first kappa shape index (κ1) is 17.4. The number of carbonyl (C=O) groups is 1. The molecule has 0 radical (unpaired) electrons. The van der Waals surface area contributed by atoms with Crippen LogP contribution >= 0.6 is 0 Å². The van der Waals surface area contributed by atoms with Crippen molar-refractivity contribution in [2.45, 2.75) is 57.7 Å². The zero-order chi connectivity index (χ0) is 15.1. The Bertz CT molecular complexity index is 291. The molecule has 2 N–H and O–H groups in total. The van der Waals surface area contributed by atoms with Crippen LogP contribution in [0.25, 0.3) is 0 Å². The first-order valence-corrected chi connectivity index (χ1v) is 7.61. The molecule has 0 saturated heterocycles. The molecule has 1 rings (SSSR count). The second kappa shape index (κ2) is 8.60. The lowest BCUT2D eigenvalue weighted by Gasteiger charge is -2.30. The molecule has 1 amide bonds. The fourth-order valence-corrected chi connectivity index (χ4v) is 2.66. The Labute approximate surface area is 122 Å². The Balaban J connectivity index is 2.34. The van der Waals surface area contributed by atoms with Gasteiger partial charge in [-0.1, -0.05) is 6.92 Å². The first-order valence-electron chi connectivity index (χ1n) is 7.61. The van der Waals surface area contributed by atoms with Crippen LogP contribution in [0.3, 0.4) is 0 Å². The van der Waals surface area contributed by atoms with Crippen molar-refractivity contribution in [3.05, 3.63) is 0 Å². The lowest BCUT2D eigenvalue weighted by Crippen LogP contribution is -2.49. The molecule has 1 fully saturated rings. The van der Waals surface area contributed by atoms with Crippen molar-refractivity contribution in [2.24, 2.45) is 5.92 Å². The number of ether oxygens (including phenoxy) is 1. The van der Waals surface area contributed by atoms with Gasteiger partial charge in [-0.05, 0) is 45.6 Å². The van der Waals surface area contributed by atoms with Crippen molar-refractivity contribution < 1.29 is 14.6 Å². The molecular weight excluding hydrogens is 256 g/mol. The number of methoxy groups -OCH3 is 1. The number of amides is 1. The maximum absolute atomic E-state index is 12.2. The third-order valence-corrected chi connectivity index (χ3v) is 4.26. The molecule has 5 heteroatoms. The maximum Gasteiger partial charge on any atom is 0.237 e. The number of aliphatic hydroxyl groups excluding tert-OH is 1. The summed E-state index contributed by atoms with van der Waals surface area (Å²) in [5.41, 5.74) is 0. The van der Waals surface area contributed by atoms with Gasteiger partial charge < -0.3 is 15.2 Å². The summed E-state index contributed by atoms with van der Waals surface area (Å²) in [5, 5.41) is 12.8. The minimum Gasteiger partial charge on any atom is -0.389 e. The number of hydrogen-bond donors (Lipinski definition) is 2. The predicted octanol–water partition coefficient (Wildman–Crippen LogP) is 1.01. The van der Waals surface area contributed by atoms with Gasteiger partial charge in [-0.25, -0.2) is 0 Å². The Morgan fingerprint density at radius 2 is 2.00 bits per heavy atom. The summed E-state index contributed by atoms with van der Waals surface area (Å²) < 4.78 is 4.90. The number of carbonyl (C=O) groups excluding carboxylic acids is 1. The van der Waals surface area contributed by atoms with Crippen molar-refractivity contribution in [3.63, 3.8) is 0 Å². The fourth-order valence-electron chi connectivity index (χ4n) is 2.66. The zero-order valence-corrected chi connectivity index (χ0v) is 13.3. The predicted molar refractivity (Wildman–Crippen MR) is 79.5 cm³/mol. The minimum absolute atomic E-state index is 0.0525. The van der Waals surface area contributed by atoms with Crippen LogP contribution in [-0.2, 0) is 9.53 Å². The molecule has 5 nitrogen and oxygen atoms in total. The number of nitrogens with one attached hydrogen (secondary N) is 1. The topological polar surface area (TPSA) is 61.8 Å². The van der Waals surface area contributed by atoms with Crippen LogP contribution in [0.4, 0.5) is 0 Å². The van der Waals surface area contributed by atoms with Crippen molar-refractivity contribution >= 4 is 5.91 Å². The van der Waals surface area contributed by atoms with Gasteiger partial charge in [0.15, 0.2) is 0 Å². The van der Waals surface area contributed by atoms with E-state index in [1.807, 2.05) is 18.9 Å². The van der Waals surface area contributed by atoms with Crippen LogP contribution in [0.15, 0.2) is 0 Å². The SMILES string of the molecule is COC[C@H](O)CN(C)[C@@H](C)C(=O)NC1CCC(C)CC1. The van der Waals surface area contributed by atoms with Crippen molar-refractivity contribution in [2.75, 3.05) is 27.3 Å². The zero-order valence-electron chi connectivity index (χ0n) is 13.3. The Hall–Kier alpha value is -0.650. The maximum atomic E-state index is 12.2. The smallest absolute Gasteiger partial charge is 0.237 e. The molecule has 1 aliphatic carbocycles. The monoisotopic (exact) mass is 286 g/mol. The summed E-state index contributed by atoms with van der Waals surface area (Å²) in [5.74, 6) is 0.837. The van der Waals surface area contributed by atoms with Gasteiger partial charge >= 0.3 is 0 Å². The quantitative estimate of drug-likeness (QED) is 0.733. The average molecular weight is 286 g/mol. The second-order valence-corrected chi connectivity index (χ2v) is 6.19. The standard InChI is InChI=1S/C15H30N2O3/c1-11-5-7-13(8-6-11)16-15(19)12(2)17(3)9-14(18)10-20-4/h11-14,18H,5-10H2,1-4H3,(H,16,19)/t11?,12-,13?,14+/m0/s1. The van der Waals surface area contributed by atoms with E-state index in [2.05, 4.69) is 12.2 Å². The fraction of sp³-hybridized carbons (Fsp3) is 0.933. The van der Waals surface area contributed by atoms with E-state index in [4.69, 9.17) is 4.74 Å². The van der Waals surface area contributed by atoms with Gasteiger partial charge in [0, 0.05) is 19.7 Å². The molecule has 118 valence electrons. The molecule has 1 aliphatic rings. The van der Waals surface area contributed by atoms with E-state index in [-0.39, 0.29) is 11.9 Å². The highest BCUT2D eigenvalue weighted by atomic mass is 16.5. The third kappa shape index (κ3) is 5.77. The van der Waals surface area contributed by atoms with E-state index in [1.54, 1.807) is 7.11 Å². The second-order valence-electron chi connectivity index (χ2n) is 6.19. The number of aliphatic hydroxyl groups is 1. The summed E-state index contributed by atoms with van der Waals surface area (Å²) in [4.78, 5) is 14.1. The lowest BCUT2D eigenvalue weighted by atomic mass is 9.87. The van der Waals surface area contributed by atoms with Crippen LogP contribution in [0.5, 0.6) is 0 Å². The highest BCUT2D eigenvalue weighted by Crippen LogP contribution is 2.23. The number of hydrogen-bond acceptors (Lipinski definition) is 4. The van der Waals surface area contributed by atoms with E-state index in [1.165, 1.54) is 12.8 Å². The van der Waals surface area contributed by atoms with Gasteiger partial charge in [0.25, 0.3) is 0 Å². The van der Waals surface area contributed by atoms with Crippen LogP contribution in [0.1, 0.15) is 39.5 Å². The molecule has 0 aliphatic heterocycles. The summed E-state index contributed by atoms with van der Waals surface area (Å²) >= 11 is 0. The minimum atomic E-state index is -0.559. The van der Waals surface area contributed by atoms with Crippen LogP contribution < -0.4 is 5.32 Å². The summed E-state index contributed by atoms with van der Waals surface area (Å²) in [6, 6.07) is 0.0827. The summed E-state index contributed by atoms with van der Waals surface area (Å²) in [7, 11) is 3.41. The molecule has 0 spiro atoms. The normalized spacial score (nSPS) is 26.3. The highest BCUT2D eigenvalue weighted by molar-refractivity contribution is 5.81. The van der Waals surface area contributed by atoms with Crippen LogP contribution in [0.2, 0.25) is 0 Å². The summed E-state index contributed by atoms with van der Waals surface area (Å²) in [6.07, 6.45) is 3.99. The Kier molecular flexibility index (Phi) is 7.48. The van der Waals surface area contributed by atoms with E-state index in [0.29, 0.717) is 19.2 Å². The van der Waals surface area contributed by atoms with Crippen molar-refractivity contribution in [1.82, 2.24) is 10.2 Å². The third-order valence-electron chi connectivity index (χ3n) is 4.26. The van der Waals surface area contributed by atoms with Gasteiger partial charge in [0.05, 0.1) is 18.8 Å². The summed E-state index contributed by atoms with van der Waals surface area (Å²) in [6.45, 7) is 4.87. The first-order chi connectivity index (χ1) is 9.43. The molecular formula is C15H30N2O3. The number of rotatable bonds is 7. The van der Waals surface area contributed by atoms with Crippen molar-refractivity contribution in [1.29, 1.82) is 0 Å². The molecule has 0 aromatic rings. The molecule has 0 aromatic carbocycles. The average Bonchev–Trinajstić information content (AvgIpc) is 2.40. The molecule has 20 heavy (non-hydrogen) atoms. The van der Waals surface area contributed by atoms with E-state index in [9.17, 15) is 9.90 Å². The molecule has 0 unspecified atom stereocenters. The van der Waals surface area contributed by atoms with Gasteiger partial charge in [-0.2, -0.15) is 0 Å². The van der Waals surface area contributed by atoms with Crippen LogP contribution in [-0.4, -0.2) is 61.4 Å². The molecule has 0 heterocycles. The van der Waals surface area contributed by atoms with Gasteiger partial charge in [0.1, 0.15) is 0 Å². The molecule has 1 saturated carbocycles. The number of likely N-dealkylation sites (N-methyl/N-ethyl adjacent to an activating group) is 1. The molecule has 0 aromatic heterocycles. The van der Waals surface area contributed by atoms with Crippen LogP contribution in [0, 0.1) is 5.92 Å². The molecule has 2 atom stereocenters. The molecule has 0 bridgehead atoms. The van der Waals surface area contributed by atoms with E-state index in [0.717, 1.165) is 18.8 Å². The lowest BCUT2D eigenvalue weighted by molar-refractivity contribution is -0.127. The van der Waals surface area contributed by atoms with Gasteiger partial charge in [-0.3, -0.25) is 9.69 Å². The van der Waals surface area contributed by atoms with E-state index >= 15 is 0 Å². The number of nitrogens with zero attached hydrogens (tertiary/aromatic N) is 1. The van der Waals surface area contributed by atoms with Gasteiger partial charge in [0.2, 0.25) is 5.91 Å². The largest absolute Gasteiger partial charge is 0.389 e. The van der Waals surface area contributed by atoms with E-state index < -0.39 is 6.10 Å². The van der Waals surface area contributed by atoms with Crippen molar-refractivity contribution in [3.8, 4) is 0 Å². The Morgan fingerprint density at radius 1 is 1.40 bits per heavy atom. The Morgan fingerprint density at radius 3 is 2.55 bits per heavy atom. The van der Waals surface area contributed by atoms with Gasteiger partial charge in [-0.15, -0.1) is 0 Å².